The molecular weight excluding hydrogens is 278 g/mol. The molecule has 1 saturated heterocycles. The first-order valence-electron chi connectivity index (χ1n) is 5.51. The van der Waals surface area contributed by atoms with Gasteiger partial charge in [0.2, 0.25) is 10.0 Å². The van der Waals surface area contributed by atoms with E-state index in [0.29, 0.717) is 0 Å². The molecule has 5 N–H and O–H groups in total. The zero-order chi connectivity index (χ0) is 14.7. The number of hydrogen-bond donors (Lipinski definition) is 4. The van der Waals surface area contributed by atoms with Crippen molar-refractivity contribution in [1.29, 1.82) is 0 Å². The summed E-state index contributed by atoms with van der Waals surface area (Å²) in [5, 5.41) is 18.6. The molecule has 0 aromatic heterocycles. The summed E-state index contributed by atoms with van der Waals surface area (Å²) >= 11 is 0. The number of primary sulfonamides is 1. The summed E-state index contributed by atoms with van der Waals surface area (Å²) in [5.74, 6) is -1.46. The fourth-order valence-corrected chi connectivity index (χ4v) is 1.99. The van der Waals surface area contributed by atoms with Crippen molar-refractivity contribution in [3.05, 3.63) is 0 Å². The lowest BCUT2D eigenvalue weighted by Gasteiger charge is -2.25. The summed E-state index contributed by atoms with van der Waals surface area (Å²) in [7, 11) is -3.64. The number of carboxylic acids is 1. The van der Waals surface area contributed by atoms with Crippen LogP contribution in [-0.2, 0) is 19.6 Å². The Morgan fingerprint density at radius 2 is 2.16 bits per heavy atom. The molecule has 2 amide bonds. The third-order valence-electron chi connectivity index (χ3n) is 2.92. The van der Waals surface area contributed by atoms with E-state index in [0.717, 1.165) is 0 Å². The number of carbonyl (C=O) groups is 2. The SMILES string of the molecule is CC1(C(=O)O)COCC1NC(=O)NCCS(N)(=O)=O. The first-order valence-corrected chi connectivity index (χ1v) is 7.23. The summed E-state index contributed by atoms with van der Waals surface area (Å²) in [6.45, 7) is 1.41. The lowest BCUT2D eigenvalue weighted by Crippen LogP contribution is -2.52. The molecule has 19 heavy (non-hydrogen) atoms. The molecule has 1 rings (SSSR count). The van der Waals surface area contributed by atoms with Crippen LogP contribution in [0.1, 0.15) is 6.92 Å². The van der Waals surface area contributed by atoms with Gasteiger partial charge in [-0.05, 0) is 6.92 Å². The second-order valence-corrected chi connectivity index (χ2v) is 6.29. The molecule has 0 bridgehead atoms. The van der Waals surface area contributed by atoms with Crippen LogP contribution in [0, 0.1) is 5.41 Å². The van der Waals surface area contributed by atoms with Crippen molar-refractivity contribution in [2.24, 2.45) is 10.6 Å². The van der Waals surface area contributed by atoms with Crippen LogP contribution in [0.3, 0.4) is 0 Å². The van der Waals surface area contributed by atoms with Crippen LogP contribution in [0.4, 0.5) is 4.79 Å². The monoisotopic (exact) mass is 295 g/mol. The minimum absolute atomic E-state index is 0.00442. The maximum absolute atomic E-state index is 11.5. The zero-order valence-electron chi connectivity index (χ0n) is 10.4. The predicted molar refractivity (Wildman–Crippen MR) is 64.9 cm³/mol. The van der Waals surface area contributed by atoms with Crippen LogP contribution in [0.5, 0.6) is 0 Å². The van der Waals surface area contributed by atoms with Crippen molar-refractivity contribution in [2.45, 2.75) is 13.0 Å². The molecule has 10 heteroatoms. The van der Waals surface area contributed by atoms with Gasteiger partial charge >= 0.3 is 12.0 Å². The molecule has 0 saturated carbocycles. The van der Waals surface area contributed by atoms with Crippen LogP contribution in [0.2, 0.25) is 0 Å². The van der Waals surface area contributed by atoms with E-state index >= 15 is 0 Å². The topological polar surface area (TPSA) is 148 Å². The lowest BCUT2D eigenvalue weighted by atomic mass is 9.85. The van der Waals surface area contributed by atoms with Gasteiger partial charge in [-0.25, -0.2) is 18.4 Å². The standard InChI is InChI=1S/C9H17N3O6S/c1-9(7(13)14)5-18-4-6(9)12-8(15)11-2-3-19(10,16)17/h6H,2-5H2,1H3,(H,13,14)(H2,10,16,17)(H2,11,12,15). The van der Waals surface area contributed by atoms with E-state index in [1.54, 1.807) is 0 Å². The van der Waals surface area contributed by atoms with Gasteiger partial charge in [-0.3, -0.25) is 4.79 Å². The maximum atomic E-state index is 11.5. The largest absolute Gasteiger partial charge is 0.481 e. The van der Waals surface area contributed by atoms with E-state index < -0.39 is 39.2 Å². The number of nitrogens with two attached hydrogens (primary N) is 1. The van der Waals surface area contributed by atoms with Crippen molar-refractivity contribution in [1.82, 2.24) is 10.6 Å². The second kappa shape index (κ2) is 5.72. The van der Waals surface area contributed by atoms with Crippen molar-refractivity contribution in [3.63, 3.8) is 0 Å². The van der Waals surface area contributed by atoms with Crippen molar-refractivity contribution in [3.8, 4) is 0 Å². The quantitative estimate of drug-likeness (QED) is 0.464. The van der Waals surface area contributed by atoms with Gasteiger partial charge in [-0.15, -0.1) is 0 Å². The highest BCUT2D eigenvalue weighted by atomic mass is 32.2. The van der Waals surface area contributed by atoms with E-state index in [1.807, 2.05) is 0 Å². The summed E-state index contributed by atoms with van der Waals surface area (Å²) in [4.78, 5) is 22.6. The molecule has 2 unspecified atom stereocenters. The molecular formula is C9H17N3O6S. The van der Waals surface area contributed by atoms with Gasteiger partial charge in [-0.2, -0.15) is 0 Å². The van der Waals surface area contributed by atoms with Crippen molar-refractivity contribution >= 4 is 22.0 Å². The number of carboxylic acid groups (broad SMARTS) is 1. The summed E-state index contributed by atoms with van der Waals surface area (Å²) in [5.41, 5.74) is -1.20. The first-order chi connectivity index (χ1) is 8.65. The number of sulfonamides is 1. The van der Waals surface area contributed by atoms with Gasteiger partial charge in [-0.1, -0.05) is 0 Å². The molecule has 1 aliphatic heterocycles. The summed E-state index contributed by atoms with van der Waals surface area (Å²) in [6, 6.07) is -1.34. The van der Waals surface area contributed by atoms with E-state index in [4.69, 9.17) is 15.0 Å². The average Bonchev–Trinajstić information content (AvgIpc) is 2.59. The van der Waals surface area contributed by atoms with Gasteiger partial charge in [0.15, 0.2) is 0 Å². The van der Waals surface area contributed by atoms with Crippen LogP contribution < -0.4 is 15.8 Å². The number of hydrogen-bond acceptors (Lipinski definition) is 5. The van der Waals surface area contributed by atoms with Crippen LogP contribution in [0.15, 0.2) is 0 Å². The smallest absolute Gasteiger partial charge is 0.315 e. The Hall–Kier alpha value is -1.39. The maximum Gasteiger partial charge on any atom is 0.315 e. The van der Waals surface area contributed by atoms with E-state index in [-0.39, 0.29) is 19.8 Å². The number of amides is 2. The molecule has 1 aliphatic rings. The predicted octanol–water partition coefficient (Wildman–Crippen LogP) is -1.94. The Labute approximate surface area is 110 Å². The number of ether oxygens (including phenoxy) is 1. The van der Waals surface area contributed by atoms with Gasteiger partial charge in [0.1, 0.15) is 5.41 Å². The average molecular weight is 295 g/mol. The number of nitrogens with one attached hydrogen (secondary N) is 2. The normalized spacial score (nSPS) is 26.9. The van der Waals surface area contributed by atoms with E-state index in [2.05, 4.69) is 10.6 Å². The van der Waals surface area contributed by atoms with Crippen molar-refractivity contribution in [2.75, 3.05) is 25.5 Å². The molecule has 0 radical (unpaired) electrons. The third kappa shape index (κ3) is 4.33. The molecule has 0 spiro atoms. The number of urea groups is 1. The number of rotatable bonds is 5. The molecule has 0 aromatic carbocycles. The lowest BCUT2D eigenvalue weighted by molar-refractivity contribution is -0.148. The molecule has 2 atom stereocenters. The van der Waals surface area contributed by atoms with Gasteiger partial charge in [0, 0.05) is 6.54 Å². The molecule has 9 nitrogen and oxygen atoms in total. The Morgan fingerprint density at radius 1 is 1.53 bits per heavy atom. The fraction of sp³-hybridized carbons (Fsp3) is 0.778. The first kappa shape index (κ1) is 15.7. The van der Waals surface area contributed by atoms with Gasteiger partial charge in [0.25, 0.3) is 0 Å². The molecule has 1 fully saturated rings. The third-order valence-corrected chi connectivity index (χ3v) is 3.69. The molecule has 1 heterocycles. The van der Waals surface area contributed by atoms with Gasteiger partial charge < -0.3 is 20.5 Å². The minimum Gasteiger partial charge on any atom is -0.481 e. The Bertz CT molecular complexity index is 465. The second-order valence-electron chi connectivity index (χ2n) is 4.56. The Morgan fingerprint density at radius 3 is 2.68 bits per heavy atom. The highest BCUT2D eigenvalue weighted by Crippen LogP contribution is 2.28. The molecule has 110 valence electrons. The number of carbonyl (C=O) groups excluding carboxylic acids is 1. The van der Waals surface area contributed by atoms with E-state index in [1.165, 1.54) is 6.92 Å². The highest BCUT2D eigenvalue weighted by Gasteiger charge is 2.47. The molecule has 0 aromatic rings. The Balaban J connectivity index is 2.46. The molecule has 0 aliphatic carbocycles. The Kier molecular flexibility index (Phi) is 4.71. The van der Waals surface area contributed by atoms with E-state index in [9.17, 15) is 18.0 Å². The van der Waals surface area contributed by atoms with Gasteiger partial charge in [0.05, 0.1) is 25.0 Å². The number of aliphatic carboxylic acids is 1. The minimum atomic E-state index is -3.64. The fourth-order valence-electron chi connectivity index (χ4n) is 1.60. The zero-order valence-corrected chi connectivity index (χ0v) is 11.2. The van der Waals surface area contributed by atoms with Crippen LogP contribution >= 0.6 is 0 Å². The van der Waals surface area contributed by atoms with Crippen LogP contribution in [0.25, 0.3) is 0 Å². The summed E-state index contributed by atoms with van der Waals surface area (Å²) < 4.78 is 26.4. The van der Waals surface area contributed by atoms with Crippen LogP contribution in [-0.4, -0.2) is 57.1 Å². The van der Waals surface area contributed by atoms with Crippen molar-refractivity contribution < 1.29 is 27.9 Å². The highest BCUT2D eigenvalue weighted by molar-refractivity contribution is 7.89. The summed E-state index contributed by atoms with van der Waals surface area (Å²) in [6.07, 6.45) is 0.